The van der Waals surface area contributed by atoms with Crippen molar-refractivity contribution in [3.63, 3.8) is 0 Å². The van der Waals surface area contributed by atoms with Crippen LogP contribution in [0.2, 0.25) is 0 Å². The summed E-state index contributed by atoms with van der Waals surface area (Å²) in [6, 6.07) is 61.3. The summed E-state index contributed by atoms with van der Waals surface area (Å²) < 4.78 is 2.22. The van der Waals surface area contributed by atoms with Crippen LogP contribution in [0.25, 0.3) is 92.6 Å². The van der Waals surface area contributed by atoms with Crippen LogP contribution in [0.3, 0.4) is 0 Å². The normalized spacial score (nSPS) is 11.7. The molecule has 0 fully saturated rings. The third-order valence-electron chi connectivity index (χ3n) is 9.98. The minimum absolute atomic E-state index is 0.653. The fourth-order valence-corrected chi connectivity index (χ4v) is 7.48. The molecule has 0 saturated carbocycles. The summed E-state index contributed by atoms with van der Waals surface area (Å²) >= 11 is 0. The Morgan fingerprint density at radius 1 is 0.340 bits per heavy atom. The van der Waals surface area contributed by atoms with Gasteiger partial charge in [-0.2, -0.15) is 0 Å². The van der Waals surface area contributed by atoms with E-state index in [0.717, 1.165) is 54.4 Å². The van der Waals surface area contributed by atoms with E-state index in [1.807, 2.05) is 0 Å². The third-order valence-corrected chi connectivity index (χ3v) is 9.98. The summed E-state index contributed by atoms with van der Waals surface area (Å²) in [5, 5.41) is 13.9. The van der Waals surface area contributed by atoms with Crippen LogP contribution in [0.4, 0.5) is 0 Å². The predicted octanol–water partition coefficient (Wildman–Crippen LogP) is 12.5. The molecular weight excluding hydrogens is 607 g/mol. The van der Waals surface area contributed by atoms with Gasteiger partial charge in [0.25, 0.3) is 0 Å². The SMILES string of the molecule is Cc1ccc2c(c1)c1ccccc1n2-c1nc2cc(n1)c1cccc(c1)c1cccc(c1)c1cccc(c1)c1cccc(c1)c1cccc2c1. The lowest BCUT2D eigenvalue weighted by atomic mass is 10.0. The van der Waals surface area contributed by atoms with Crippen LogP contribution in [-0.2, 0) is 0 Å². The highest BCUT2D eigenvalue weighted by molar-refractivity contribution is 6.09. The number of rotatable bonds is 1. The summed E-state index contributed by atoms with van der Waals surface area (Å²) in [7, 11) is 0. The Labute approximate surface area is 288 Å². The highest BCUT2D eigenvalue weighted by Crippen LogP contribution is 2.33. The average Bonchev–Trinajstić information content (AvgIpc) is 3.51. The number of fused-ring (bicyclic) bond motifs is 21. The standard InChI is InChI=1S/C47H31N3/c1-30-21-22-46-42(23-30)41-19-2-3-20-45(41)50(46)47-48-43-29-44(49-47)40-18-8-16-38(28-40)36-14-6-12-34(26-36)32-10-4-9-31(24-32)33-11-5-13-35(25-33)37-15-7-17-39(43)27-37/h2-29H,1H3. The van der Waals surface area contributed by atoms with Gasteiger partial charge in [-0.3, -0.25) is 4.57 Å². The van der Waals surface area contributed by atoms with Crippen LogP contribution in [0.5, 0.6) is 0 Å². The third kappa shape index (κ3) is 4.75. The van der Waals surface area contributed by atoms with E-state index in [-0.39, 0.29) is 0 Å². The molecule has 0 radical (unpaired) electrons. The number of hydrogen-bond donors (Lipinski definition) is 0. The Morgan fingerprint density at radius 3 is 1.22 bits per heavy atom. The molecule has 0 aliphatic carbocycles. The van der Waals surface area contributed by atoms with Crippen molar-refractivity contribution in [3.8, 4) is 5.95 Å². The second kappa shape index (κ2) is 11.3. The Balaban J connectivity index is 1.40. The molecule has 8 aromatic carbocycles. The smallest absolute Gasteiger partial charge is 0.235 e. The molecule has 2 aromatic heterocycles. The number of aryl methyl sites for hydroxylation is 1. The first-order valence-corrected chi connectivity index (χ1v) is 17.1. The Morgan fingerprint density at radius 2 is 0.740 bits per heavy atom. The molecule has 0 amide bonds. The lowest BCUT2D eigenvalue weighted by molar-refractivity contribution is 1.02. The molecule has 0 saturated heterocycles. The minimum atomic E-state index is 0.653. The molecule has 10 rings (SSSR count). The number of para-hydroxylation sites is 1. The van der Waals surface area contributed by atoms with Gasteiger partial charge in [-0.25, -0.2) is 9.97 Å². The average molecular weight is 638 g/mol. The molecule has 0 spiro atoms. The van der Waals surface area contributed by atoms with Crippen LogP contribution in [-0.4, -0.2) is 14.5 Å². The van der Waals surface area contributed by atoms with Gasteiger partial charge in [0.15, 0.2) is 0 Å². The molecule has 0 unspecified atom stereocenters. The van der Waals surface area contributed by atoms with E-state index in [2.05, 4.69) is 181 Å². The molecule has 50 heavy (non-hydrogen) atoms. The Kier molecular flexibility index (Phi) is 6.40. The Hall–Kier alpha value is -6.58. The van der Waals surface area contributed by atoms with Crippen molar-refractivity contribution >= 4 is 86.7 Å². The van der Waals surface area contributed by atoms with Crippen LogP contribution in [0.1, 0.15) is 5.56 Å². The zero-order chi connectivity index (χ0) is 33.2. The van der Waals surface area contributed by atoms with Crippen LogP contribution in [0, 0.1) is 6.92 Å². The van der Waals surface area contributed by atoms with Gasteiger partial charge < -0.3 is 0 Å². The van der Waals surface area contributed by atoms with E-state index < -0.39 is 0 Å². The van der Waals surface area contributed by atoms with E-state index in [9.17, 15) is 0 Å². The number of hydrogen-bond acceptors (Lipinski definition) is 2. The van der Waals surface area contributed by atoms with Crippen molar-refractivity contribution in [2.24, 2.45) is 0 Å². The monoisotopic (exact) mass is 637 g/mol. The van der Waals surface area contributed by atoms with Crippen molar-refractivity contribution in [2.75, 3.05) is 0 Å². The van der Waals surface area contributed by atoms with E-state index >= 15 is 0 Å². The summed E-state index contributed by atoms with van der Waals surface area (Å²) in [4.78, 5) is 10.7. The maximum atomic E-state index is 5.33. The number of aromatic nitrogens is 3. The summed E-state index contributed by atoms with van der Waals surface area (Å²) in [6.45, 7) is 2.14. The largest absolute Gasteiger partial charge is 0.278 e. The van der Waals surface area contributed by atoms with Crippen molar-refractivity contribution < 1.29 is 0 Å². The van der Waals surface area contributed by atoms with Crippen LogP contribution < -0.4 is 0 Å². The predicted molar refractivity (Wildman–Crippen MR) is 213 cm³/mol. The molecule has 10 aromatic rings. The molecular formula is C47H31N3. The maximum absolute atomic E-state index is 5.33. The zero-order valence-corrected chi connectivity index (χ0v) is 27.5. The van der Waals surface area contributed by atoms with Gasteiger partial charge in [-0.1, -0.05) is 121 Å². The second-order valence-electron chi connectivity index (χ2n) is 13.2. The van der Waals surface area contributed by atoms with Crippen LogP contribution >= 0.6 is 0 Å². The second-order valence-corrected chi connectivity index (χ2v) is 13.2. The molecule has 234 valence electrons. The fourth-order valence-electron chi connectivity index (χ4n) is 7.48. The van der Waals surface area contributed by atoms with Gasteiger partial charge in [0.2, 0.25) is 5.95 Å². The molecule has 0 aliphatic rings. The highest BCUT2D eigenvalue weighted by Gasteiger charge is 2.15. The highest BCUT2D eigenvalue weighted by atomic mass is 15.2. The van der Waals surface area contributed by atoms with Crippen LogP contribution in [0.15, 0.2) is 170 Å². The first-order valence-electron chi connectivity index (χ1n) is 17.1. The Bertz CT molecular complexity index is 2970. The molecule has 0 aliphatic heterocycles. The van der Waals surface area contributed by atoms with E-state index in [1.54, 1.807) is 0 Å². The van der Waals surface area contributed by atoms with Crippen molar-refractivity contribution in [3.05, 3.63) is 175 Å². The molecule has 3 heteroatoms. The zero-order valence-electron chi connectivity index (χ0n) is 27.5. The van der Waals surface area contributed by atoms with E-state index in [4.69, 9.17) is 9.97 Å². The molecule has 0 atom stereocenters. The van der Waals surface area contributed by atoms with Gasteiger partial charge in [0.1, 0.15) is 0 Å². The van der Waals surface area contributed by atoms with Gasteiger partial charge in [0.05, 0.1) is 22.1 Å². The fraction of sp³-hybridized carbons (Fsp3) is 0.0213. The quantitative estimate of drug-likeness (QED) is 0.179. The number of nitrogens with zero attached hydrogens (tertiary/aromatic N) is 3. The van der Waals surface area contributed by atoms with Crippen molar-refractivity contribution in [1.29, 1.82) is 0 Å². The van der Waals surface area contributed by atoms with E-state index in [0.29, 0.717) is 5.95 Å². The molecule has 0 N–H and O–H groups in total. The molecule has 2 heterocycles. The summed E-state index contributed by atoms with van der Waals surface area (Å²) in [6.07, 6.45) is 0. The van der Waals surface area contributed by atoms with Crippen molar-refractivity contribution in [2.45, 2.75) is 6.92 Å². The minimum Gasteiger partial charge on any atom is -0.278 e. The topological polar surface area (TPSA) is 30.7 Å². The van der Waals surface area contributed by atoms with Crippen molar-refractivity contribution in [1.82, 2.24) is 14.5 Å². The first kappa shape index (κ1) is 28.4. The summed E-state index contributed by atoms with van der Waals surface area (Å²) in [5.74, 6) is 0.653. The maximum Gasteiger partial charge on any atom is 0.235 e. The summed E-state index contributed by atoms with van der Waals surface area (Å²) in [5.41, 5.74) is 5.16. The van der Waals surface area contributed by atoms with Gasteiger partial charge in [0, 0.05) is 21.5 Å². The number of benzene rings is 7. The lowest BCUT2D eigenvalue weighted by Crippen LogP contribution is -2.01. The first-order chi connectivity index (χ1) is 24.6. The van der Waals surface area contributed by atoms with Gasteiger partial charge >= 0.3 is 0 Å². The lowest BCUT2D eigenvalue weighted by Gasteiger charge is -2.08. The van der Waals surface area contributed by atoms with Gasteiger partial charge in [-0.05, 0) is 105 Å². The molecule has 12 bridgehead atoms. The van der Waals surface area contributed by atoms with E-state index in [1.165, 1.54) is 37.9 Å². The van der Waals surface area contributed by atoms with Gasteiger partial charge in [-0.15, -0.1) is 0 Å². The molecule has 3 nitrogen and oxygen atoms in total.